The van der Waals surface area contributed by atoms with E-state index in [9.17, 15) is 14.4 Å². The molecule has 2 fully saturated rings. The van der Waals surface area contributed by atoms with E-state index in [0.29, 0.717) is 24.4 Å². The van der Waals surface area contributed by atoms with Crippen LogP contribution in [0.3, 0.4) is 0 Å². The predicted octanol–water partition coefficient (Wildman–Crippen LogP) is 1.37. The van der Waals surface area contributed by atoms with Crippen molar-refractivity contribution in [2.45, 2.75) is 37.2 Å². The van der Waals surface area contributed by atoms with Gasteiger partial charge in [-0.25, -0.2) is 0 Å². The molecule has 2 saturated heterocycles. The van der Waals surface area contributed by atoms with Gasteiger partial charge in [-0.15, -0.1) is 0 Å². The number of benzene rings is 1. The average Bonchev–Trinajstić information content (AvgIpc) is 3.02. The standard InChI is InChI=1S/C22H30N2O6/c1-28-11-10-24-20(26)14-22(21(24)27,16-6-4-7-17(12-16)29-2)13-19(25)23-9-5-8-18(15-23)30-3/h4,6-7,12,18H,5,8-11,13-15H2,1-3H3/t18-,22+/m0/s1. The number of ether oxygens (including phenoxy) is 3. The van der Waals surface area contributed by atoms with E-state index < -0.39 is 5.41 Å². The molecule has 0 saturated carbocycles. The Hall–Kier alpha value is -2.45. The number of hydrogen-bond donors (Lipinski definition) is 0. The number of rotatable bonds is 8. The molecule has 8 nitrogen and oxygen atoms in total. The first-order valence-corrected chi connectivity index (χ1v) is 10.2. The normalized spacial score (nSPS) is 24.4. The fourth-order valence-electron chi connectivity index (χ4n) is 4.32. The van der Waals surface area contributed by atoms with Gasteiger partial charge in [0.25, 0.3) is 0 Å². The summed E-state index contributed by atoms with van der Waals surface area (Å²) in [7, 11) is 4.71. The lowest BCUT2D eigenvalue weighted by Gasteiger charge is -2.35. The van der Waals surface area contributed by atoms with E-state index in [1.54, 1.807) is 43.4 Å². The molecule has 1 aromatic rings. The van der Waals surface area contributed by atoms with E-state index in [0.717, 1.165) is 12.8 Å². The van der Waals surface area contributed by atoms with Crippen LogP contribution in [0, 0.1) is 0 Å². The number of likely N-dealkylation sites (tertiary alicyclic amines) is 2. The van der Waals surface area contributed by atoms with Gasteiger partial charge in [-0.3, -0.25) is 19.3 Å². The van der Waals surface area contributed by atoms with Crippen molar-refractivity contribution in [1.82, 2.24) is 9.80 Å². The summed E-state index contributed by atoms with van der Waals surface area (Å²) in [6.45, 7) is 1.55. The van der Waals surface area contributed by atoms with Gasteiger partial charge in [-0.2, -0.15) is 0 Å². The molecule has 2 atom stereocenters. The maximum atomic E-state index is 13.5. The summed E-state index contributed by atoms with van der Waals surface area (Å²) in [5, 5.41) is 0. The molecule has 3 amide bonds. The Kier molecular flexibility index (Phi) is 7.10. The summed E-state index contributed by atoms with van der Waals surface area (Å²) in [4.78, 5) is 42.5. The molecule has 3 rings (SSSR count). The Labute approximate surface area is 177 Å². The van der Waals surface area contributed by atoms with Crippen molar-refractivity contribution < 1.29 is 28.6 Å². The molecule has 1 aromatic carbocycles. The summed E-state index contributed by atoms with van der Waals surface area (Å²) in [5.74, 6) is -0.214. The molecule has 2 aliphatic rings. The van der Waals surface area contributed by atoms with E-state index in [1.165, 1.54) is 12.0 Å². The second-order valence-electron chi connectivity index (χ2n) is 7.85. The van der Waals surface area contributed by atoms with Crippen molar-refractivity contribution in [2.24, 2.45) is 0 Å². The quantitative estimate of drug-likeness (QED) is 0.593. The van der Waals surface area contributed by atoms with Crippen molar-refractivity contribution in [3.05, 3.63) is 29.8 Å². The summed E-state index contributed by atoms with van der Waals surface area (Å²) in [6, 6.07) is 7.08. The number of nitrogens with zero attached hydrogens (tertiary/aromatic N) is 2. The smallest absolute Gasteiger partial charge is 0.240 e. The maximum Gasteiger partial charge on any atom is 0.240 e. The minimum absolute atomic E-state index is 0.00502. The molecule has 0 N–H and O–H groups in total. The highest BCUT2D eigenvalue weighted by atomic mass is 16.5. The van der Waals surface area contributed by atoms with E-state index in [1.807, 2.05) is 0 Å². The van der Waals surface area contributed by atoms with Gasteiger partial charge in [0.1, 0.15) is 5.75 Å². The maximum absolute atomic E-state index is 13.5. The number of amides is 3. The second-order valence-corrected chi connectivity index (χ2v) is 7.85. The van der Waals surface area contributed by atoms with Crippen molar-refractivity contribution >= 4 is 17.7 Å². The third kappa shape index (κ3) is 4.34. The number of methoxy groups -OCH3 is 3. The number of hydrogen-bond acceptors (Lipinski definition) is 6. The number of imide groups is 1. The van der Waals surface area contributed by atoms with E-state index in [2.05, 4.69) is 0 Å². The van der Waals surface area contributed by atoms with E-state index >= 15 is 0 Å². The van der Waals surface area contributed by atoms with Crippen LogP contribution >= 0.6 is 0 Å². The molecule has 164 valence electrons. The Morgan fingerprint density at radius 1 is 1.23 bits per heavy atom. The zero-order chi connectivity index (χ0) is 21.7. The monoisotopic (exact) mass is 418 g/mol. The lowest BCUT2D eigenvalue weighted by molar-refractivity contribution is -0.144. The molecular formula is C22H30N2O6. The van der Waals surface area contributed by atoms with E-state index in [4.69, 9.17) is 14.2 Å². The zero-order valence-corrected chi connectivity index (χ0v) is 17.9. The highest BCUT2D eigenvalue weighted by Crippen LogP contribution is 2.41. The lowest BCUT2D eigenvalue weighted by Crippen LogP contribution is -2.47. The predicted molar refractivity (Wildman–Crippen MR) is 109 cm³/mol. The lowest BCUT2D eigenvalue weighted by atomic mass is 9.75. The van der Waals surface area contributed by atoms with Crippen molar-refractivity contribution in [3.8, 4) is 5.75 Å². The third-order valence-corrected chi connectivity index (χ3v) is 6.07. The van der Waals surface area contributed by atoms with Crippen molar-refractivity contribution in [2.75, 3.05) is 47.6 Å². The highest BCUT2D eigenvalue weighted by Gasteiger charge is 2.54. The van der Waals surface area contributed by atoms with Gasteiger partial charge < -0.3 is 19.1 Å². The summed E-state index contributed by atoms with van der Waals surface area (Å²) >= 11 is 0. The number of carbonyl (C=O) groups is 3. The van der Waals surface area contributed by atoms with Gasteiger partial charge in [0.05, 0.1) is 31.8 Å². The fourth-order valence-corrected chi connectivity index (χ4v) is 4.32. The third-order valence-electron chi connectivity index (χ3n) is 6.07. The minimum atomic E-state index is -1.24. The van der Waals surface area contributed by atoms with Crippen LogP contribution in [0.5, 0.6) is 5.75 Å². The Morgan fingerprint density at radius 2 is 2.03 bits per heavy atom. The first-order valence-electron chi connectivity index (χ1n) is 10.2. The van der Waals surface area contributed by atoms with Gasteiger partial charge in [0.15, 0.2) is 0 Å². The highest BCUT2D eigenvalue weighted by molar-refractivity contribution is 6.10. The average molecular weight is 418 g/mol. The molecule has 2 heterocycles. The van der Waals surface area contributed by atoms with Crippen LogP contribution in [0.15, 0.2) is 24.3 Å². The minimum Gasteiger partial charge on any atom is -0.497 e. The van der Waals surface area contributed by atoms with E-state index in [-0.39, 0.29) is 49.8 Å². The molecular weight excluding hydrogens is 388 g/mol. The van der Waals surface area contributed by atoms with Gasteiger partial charge >= 0.3 is 0 Å². The Bertz CT molecular complexity index is 798. The van der Waals surface area contributed by atoms with Crippen LogP contribution in [0.4, 0.5) is 0 Å². The van der Waals surface area contributed by atoms with Crippen LogP contribution in [0.1, 0.15) is 31.2 Å². The Balaban J connectivity index is 1.93. The van der Waals surface area contributed by atoms with Crippen LogP contribution in [0.25, 0.3) is 0 Å². The molecule has 30 heavy (non-hydrogen) atoms. The van der Waals surface area contributed by atoms with Gasteiger partial charge in [-0.05, 0) is 30.5 Å². The van der Waals surface area contributed by atoms with Crippen molar-refractivity contribution in [3.63, 3.8) is 0 Å². The zero-order valence-electron chi connectivity index (χ0n) is 17.9. The molecule has 0 spiro atoms. The summed E-state index contributed by atoms with van der Waals surface area (Å²) in [6.07, 6.45) is 1.64. The molecule has 2 aliphatic heterocycles. The first kappa shape index (κ1) is 22.2. The molecule has 0 radical (unpaired) electrons. The van der Waals surface area contributed by atoms with Gasteiger partial charge in [-0.1, -0.05) is 12.1 Å². The van der Waals surface area contributed by atoms with Crippen LogP contribution < -0.4 is 4.74 Å². The largest absolute Gasteiger partial charge is 0.497 e. The van der Waals surface area contributed by atoms with Gasteiger partial charge in [0, 0.05) is 40.2 Å². The number of carbonyl (C=O) groups excluding carboxylic acids is 3. The van der Waals surface area contributed by atoms with Gasteiger partial charge in [0.2, 0.25) is 17.7 Å². The SMILES string of the molecule is COCCN1C(=O)C[C@](CC(=O)N2CCC[C@H](OC)C2)(c2cccc(OC)c2)C1=O. The number of piperidine rings is 1. The molecule has 0 bridgehead atoms. The molecule has 0 aliphatic carbocycles. The summed E-state index contributed by atoms with van der Waals surface area (Å²) < 4.78 is 15.8. The van der Waals surface area contributed by atoms with Crippen LogP contribution in [-0.4, -0.2) is 81.2 Å². The topological polar surface area (TPSA) is 85.4 Å². The molecule has 8 heteroatoms. The fraction of sp³-hybridized carbons (Fsp3) is 0.591. The van der Waals surface area contributed by atoms with Crippen LogP contribution in [0.2, 0.25) is 0 Å². The molecule has 0 aromatic heterocycles. The first-order chi connectivity index (χ1) is 14.4. The van der Waals surface area contributed by atoms with Crippen LogP contribution in [-0.2, 0) is 29.3 Å². The Morgan fingerprint density at radius 3 is 2.73 bits per heavy atom. The summed E-state index contributed by atoms with van der Waals surface area (Å²) in [5.41, 5.74) is -0.620. The molecule has 0 unspecified atom stereocenters. The second kappa shape index (κ2) is 9.57. The van der Waals surface area contributed by atoms with Crippen molar-refractivity contribution in [1.29, 1.82) is 0 Å².